The first-order valence-corrected chi connectivity index (χ1v) is 14.2. The molecular formula is C30H41BN4O5. The first kappa shape index (κ1) is 28.4. The summed E-state index contributed by atoms with van der Waals surface area (Å²) in [6.45, 7) is 16.3. The zero-order valence-corrected chi connectivity index (χ0v) is 25.0. The summed E-state index contributed by atoms with van der Waals surface area (Å²) in [4.78, 5) is 36.3. The molecule has 3 aromatic rings. The molecule has 9 nitrogen and oxygen atoms in total. The lowest BCUT2D eigenvalue weighted by molar-refractivity contribution is -0.137. The number of likely N-dealkylation sites (tertiary alicyclic amines) is 1. The predicted molar refractivity (Wildman–Crippen MR) is 156 cm³/mol. The van der Waals surface area contributed by atoms with Gasteiger partial charge in [0.15, 0.2) is 0 Å². The molecule has 10 heteroatoms. The number of nitrogens with one attached hydrogen (secondary N) is 2. The van der Waals surface area contributed by atoms with Gasteiger partial charge in [0, 0.05) is 11.4 Å². The fraction of sp³-hybridized carbons (Fsp3) is 0.567. The molecule has 2 saturated heterocycles. The Morgan fingerprint density at radius 3 is 2.42 bits per heavy atom. The smallest absolute Gasteiger partial charge is 0.453 e. The molecule has 0 aliphatic carbocycles. The Labute approximate surface area is 236 Å². The molecule has 0 radical (unpaired) electrons. The van der Waals surface area contributed by atoms with Crippen molar-refractivity contribution in [3.63, 3.8) is 0 Å². The summed E-state index contributed by atoms with van der Waals surface area (Å²) >= 11 is 0. The van der Waals surface area contributed by atoms with Gasteiger partial charge in [-0.25, -0.2) is 9.78 Å². The minimum absolute atomic E-state index is 0.00868. The highest BCUT2D eigenvalue weighted by atomic mass is 16.7. The molecule has 2 amide bonds. The van der Waals surface area contributed by atoms with Crippen LogP contribution in [0.1, 0.15) is 73.7 Å². The van der Waals surface area contributed by atoms with E-state index in [0.717, 1.165) is 39.5 Å². The van der Waals surface area contributed by atoms with Crippen molar-refractivity contribution in [2.45, 2.75) is 91.1 Å². The van der Waals surface area contributed by atoms with Gasteiger partial charge < -0.3 is 29.2 Å². The summed E-state index contributed by atoms with van der Waals surface area (Å²) in [5, 5.41) is 4.80. The number of carbonyl (C=O) groups is 2. The number of amides is 2. The molecule has 1 aromatic heterocycles. The van der Waals surface area contributed by atoms with E-state index in [0.29, 0.717) is 0 Å². The van der Waals surface area contributed by atoms with Crippen LogP contribution in [0, 0.1) is 11.8 Å². The summed E-state index contributed by atoms with van der Waals surface area (Å²) in [5.74, 6) is 0.794. The van der Waals surface area contributed by atoms with Crippen LogP contribution in [0.25, 0.3) is 21.8 Å². The summed E-state index contributed by atoms with van der Waals surface area (Å²) in [6.07, 6.45) is 0.165. The highest BCUT2D eigenvalue weighted by Crippen LogP contribution is 2.41. The molecule has 2 aliphatic heterocycles. The molecule has 214 valence electrons. The van der Waals surface area contributed by atoms with Crippen molar-refractivity contribution in [2.75, 3.05) is 7.11 Å². The minimum Gasteiger partial charge on any atom is -0.453 e. The summed E-state index contributed by atoms with van der Waals surface area (Å²) in [5.41, 5.74) is 1.93. The van der Waals surface area contributed by atoms with E-state index in [1.54, 1.807) is 0 Å². The number of nitrogens with zero attached hydrogens (tertiary/aromatic N) is 2. The van der Waals surface area contributed by atoms with E-state index in [1.165, 1.54) is 7.11 Å². The van der Waals surface area contributed by atoms with Crippen molar-refractivity contribution in [1.29, 1.82) is 0 Å². The van der Waals surface area contributed by atoms with Crippen LogP contribution in [0.5, 0.6) is 0 Å². The minimum atomic E-state index is -0.693. The molecule has 2 N–H and O–H groups in total. The van der Waals surface area contributed by atoms with Crippen LogP contribution in [-0.4, -0.2) is 64.4 Å². The average molecular weight is 548 g/mol. The van der Waals surface area contributed by atoms with E-state index in [4.69, 9.17) is 19.0 Å². The number of carbonyl (C=O) groups excluding carboxylic acids is 2. The van der Waals surface area contributed by atoms with Crippen LogP contribution in [0.4, 0.5) is 4.79 Å². The number of alkyl carbamates (subject to hydrolysis) is 1. The fourth-order valence-electron chi connectivity index (χ4n) is 5.80. The van der Waals surface area contributed by atoms with Crippen molar-refractivity contribution in [3.05, 3.63) is 36.2 Å². The largest absolute Gasteiger partial charge is 0.494 e. The van der Waals surface area contributed by atoms with Crippen LogP contribution in [0.3, 0.4) is 0 Å². The Morgan fingerprint density at radius 1 is 1.12 bits per heavy atom. The Balaban J connectivity index is 1.48. The quantitative estimate of drug-likeness (QED) is 0.448. The van der Waals surface area contributed by atoms with Crippen LogP contribution >= 0.6 is 0 Å². The number of benzene rings is 2. The summed E-state index contributed by atoms with van der Waals surface area (Å²) in [6, 6.07) is 9.39. The normalized spacial score (nSPS) is 24.7. The Morgan fingerprint density at radius 2 is 1.80 bits per heavy atom. The van der Waals surface area contributed by atoms with Crippen molar-refractivity contribution in [3.8, 4) is 0 Å². The van der Waals surface area contributed by atoms with Crippen molar-refractivity contribution < 1.29 is 23.6 Å². The van der Waals surface area contributed by atoms with Crippen LogP contribution in [0.2, 0.25) is 0 Å². The highest BCUT2D eigenvalue weighted by molar-refractivity contribution is 6.62. The molecule has 2 aliphatic rings. The van der Waals surface area contributed by atoms with Gasteiger partial charge in [0.25, 0.3) is 0 Å². The molecule has 0 bridgehead atoms. The zero-order valence-electron chi connectivity index (χ0n) is 25.0. The molecule has 2 fully saturated rings. The lowest BCUT2D eigenvalue weighted by atomic mass is 9.78. The topological polar surface area (TPSA) is 106 Å². The molecule has 5 rings (SSSR count). The maximum absolute atomic E-state index is 13.9. The summed E-state index contributed by atoms with van der Waals surface area (Å²) < 4.78 is 17.3. The van der Waals surface area contributed by atoms with Gasteiger partial charge in [-0.15, -0.1) is 0 Å². The van der Waals surface area contributed by atoms with Crippen LogP contribution in [-0.2, 0) is 18.8 Å². The monoisotopic (exact) mass is 548 g/mol. The lowest BCUT2D eigenvalue weighted by Gasteiger charge is -2.33. The van der Waals surface area contributed by atoms with Gasteiger partial charge in [-0.1, -0.05) is 45.0 Å². The highest BCUT2D eigenvalue weighted by Gasteiger charge is 2.51. The van der Waals surface area contributed by atoms with Gasteiger partial charge in [-0.3, -0.25) is 4.79 Å². The predicted octanol–water partition coefficient (Wildman–Crippen LogP) is 4.69. The van der Waals surface area contributed by atoms with E-state index < -0.39 is 30.5 Å². The van der Waals surface area contributed by atoms with Gasteiger partial charge in [-0.05, 0) is 69.8 Å². The third-order valence-corrected chi connectivity index (χ3v) is 9.19. The van der Waals surface area contributed by atoms with Crippen LogP contribution < -0.4 is 10.8 Å². The van der Waals surface area contributed by atoms with Crippen molar-refractivity contribution >= 4 is 46.4 Å². The van der Waals surface area contributed by atoms with Crippen LogP contribution in [0.15, 0.2) is 30.3 Å². The van der Waals surface area contributed by atoms with E-state index in [2.05, 4.69) is 70.0 Å². The van der Waals surface area contributed by atoms with Gasteiger partial charge in [0.1, 0.15) is 11.9 Å². The standard InChI is InChI=1S/C30H41BN4O5/c1-16(2)24(34-28(37)38-9)27(36)35-18(4)17(3)14-23(35)26-32-22-13-10-19-15-20(11-12-21(19)25(22)33-26)31-39-29(5,6)30(7,8)40-31/h10-13,15-18,23-24H,14H2,1-9H3,(H,32,33)(H,34,37)/t17-,18-,23+,24+/m1/s1. The van der Waals surface area contributed by atoms with E-state index in [9.17, 15) is 9.59 Å². The number of hydrogen-bond donors (Lipinski definition) is 2. The molecule has 0 saturated carbocycles. The Bertz CT molecular complexity index is 1430. The van der Waals surface area contributed by atoms with E-state index in [-0.39, 0.29) is 29.8 Å². The number of methoxy groups -OCH3 is 1. The first-order valence-electron chi connectivity index (χ1n) is 14.2. The number of H-pyrrole nitrogens is 1. The number of fused-ring (bicyclic) bond motifs is 3. The number of rotatable bonds is 5. The molecule has 2 aromatic carbocycles. The zero-order chi connectivity index (χ0) is 29.1. The summed E-state index contributed by atoms with van der Waals surface area (Å²) in [7, 11) is 0.866. The second-order valence-electron chi connectivity index (χ2n) is 12.7. The maximum Gasteiger partial charge on any atom is 0.494 e. The van der Waals surface area contributed by atoms with Gasteiger partial charge in [-0.2, -0.15) is 0 Å². The molecule has 0 unspecified atom stereocenters. The first-order chi connectivity index (χ1) is 18.7. The maximum atomic E-state index is 13.9. The lowest BCUT2D eigenvalue weighted by Crippen LogP contribution is -2.53. The molecular weight excluding hydrogens is 507 g/mol. The van der Waals surface area contributed by atoms with Gasteiger partial charge in [0.2, 0.25) is 5.91 Å². The fourth-order valence-corrected chi connectivity index (χ4v) is 5.80. The molecule has 3 heterocycles. The molecule has 0 spiro atoms. The number of aromatic amines is 1. The Hall–Kier alpha value is -3.11. The number of ether oxygens (including phenoxy) is 1. The third-order valence-electron chi connectivity index (χ3n) is 9.19. The van der Waals surface area contributed by atoms with E-state index in [1.807, 2.05) is 30.9 Å². The van der Waals surface area contributed by atoms with Gasteiger partial charge >= 0.3 is 13.2 Å². The average Bonchev–Trinajstić information content (AvgIpc) is 3.52. The number of aromatic nitrogens is 2. The number of hydrogen-bond acceptors (Lipinski definition) is 6. The SMILES string of the molecule is COC(=O)N[C@H](C(=O)N1[C@H](C)[C@H](C)C[C@H]1c1nc2c(ccc3cc(B4OC(C)(C)C(C)(C)O4)ccc32)[nH]1)C(C)C. The van der Waals surface area contributed by atoms with Crippen molar-refractivity contribution in [2.24, 2.45) is 11.8 Å². The molecule has 40 heavy (non-hydrogen) atoms. The second-order valence-corrected chi connectivity index (χ2v) is 12.7. The van der Waals surface area contributed by atoms with E-state index >= 15 is 0 Å². The Kier molecular flexibility index (Phi) is 7.15. The third kappa shape index (κ3) is 4.75. The molecule has 4 atom stereocenters. The second kappa shape index (κ2) is 10.1. The van der Waals surface area contributed by atoms with Crippen molar-refractivity contribution in [1.82, 2.24) is 20.2 Å². The number of imidazole rings is 1. The van der Waals surface area contributed by atoms with Gasteiger partial charge in [0.05, 0.1) is 35.4 Å².